The Kier molecular flexibility index (Phi) is 5.89. The van der Waals surface area contributed by atoms with E-state index in [9.17, 15) is 0 Å². The molecule has 2 unspecified atom stereocenters. The Morgan fingerprint density at radius 3 is 2.76 bits per heavy atom. The fourth-order valence-corrected chi connectivity index (χ4v) is 2.63. The van der Waals surface area contributed by atoms with Crippen LogP contribution in [0.4, 0.5) is 0 Å². The van der Waals surface area contributed by atoms with E-state index in [0.717, 1.165) is 19.0 Å². The zero-order valence-electron chi connectivity index (χ0n) is 10.4. The molecule has 0 aliphatic carbocycles. The topological polar surface area (TPSA) is 42.2 Å². The first-order valence-electron chi connectivity index (χ1n) is 6.14. The third kappa shape index (κ3) is 3.66. The molecule has 2 heterocycles. The number of hydrogen-bond acceptors (Lipinski definition) is 3. The SMILES string of the molecule is CC1CCCN(Cc2ccncc2)C1CN.Cl. The summed E-state index contributed by atoms with van der Waals surface area (Å²) in [6.07, 6.45) is 6.33. The van der Waals surface area contributed by atoms with Gasteiger partial charge in [0, 0.05) is 31.5 Å². The standard InChI is InChI=1S/C13H21N3.ClH/c1-11-3-2-8-16(13(11)9-14)10-12-4-6-15-7-5-12;/h4-7,11,13H,2-3,8-10,14H2,1H3;1H. The molecule has 2 N–H and O–H groups in total. The number of rotatable bonds is 3. The molecule has 4 heteroatoms. The summed E-state index contributed by atoms with van der Waals surface area (Å²) in [7, 11) is 0. The normalized spacial score (nSPS) is 25.3. The first-order chi connectivity index (χ1) is 7.81. The van der Waals surface area contributed by atoms with Gasteiger partial charge in [0.2, 0.25) is 0 Å². The second kappa shape index (κ2) is 6.94. The smallest absolute Gasteiger partial charge is 0.0271 e. The van der Waals surface area contributed by atoms with Crippen LogP contribution in [0.25, 0.3) is 0 Å². The van der Waals surface area contributed by atoms with E-state index in [4.69, 9.17) is 5.73 Å². The maximum absolute atomic E-state index is 5.88. The monoisotopic (exact) mass is 255 g/mol. The van der Waals surface area contributed by atoms with Crippen LogP contribution in [-0.2, 0) is 6.54 Å². The van der Waals surface area contributed by atoms with Crippen molar-refractivity contribution in [2.75, 3.05) is 13.1 Å². The largest absolute Gasteiger partial charge is 0.329 e. The number of halogens is 1. The lowest BCUT2D eigenvalue weighted by Gasteiger charge is -2.39. The molecule has 1 aromatic rings. The molecule has 0 amide bonds. The predicted molar refractivity (Wildman–Crippen MR) is 73.1 cm³/mol. The van der Waals surface area contributed by atoms with Gasteiger partial charge in [-0.05, 0) is 43.0 Å². The summed E-state index contributed by atoms with van der Waals surface area (Å²) >= 11 is 0. The second-order valence-corrected chi connectivity index (χ2v) is 4.75. The van der Waals surface area contributed by atoms with Crippen molar-refractivity contribution in [1.82, 2.24) is 9.88 Å². The minimum atomic E-state index is 0. The zero-order chi connectivity index (χ0) is 11.4. The van der Waals surface area contributed by atoms with Gasteiger partial charge in [0.25, 0.3) is 0 Å². The molecule has 1 saturated heterocycles. The lowest BCUT2D eigenvalue weighted by molar-refractivity contribution is 0.0990. The highest BCUT2D eigenvalue weighted by molar-refractivity contribution is 5.85. The van der Waals surface area contributed by atoms with Crippen molar-refractivity contribution >= 4 is 12.4 Å². The molecule has 1 aliphatic rings. The summed E-state index contributed by atoms with van der Waals surface area (Å²) in [5.74, 6) is 0.723. The molecule has 0 aromatic carbocycles. The fourth-order valence-electron chi connectivity index (χ4n) is 2.63. The molecular formula is C13H22ClN3. The van der Waals surface area contributed by atoms with Crippen LogP contribution in [0.5, 0.6) is 0 Å². The van der Waals surface area contributed by atoms with Gasteiger partial charge in [0.05, 0.1) is 0 Å². The third-order valence-electron chi connectivity index (χ3n) is 3.61. The minimum Gasteiger partial charge on any atom is -0.329 e. The highest BCUT2D eigenvalue weighted by Crippen LogP contribution is 2.23. The summed E-state index contributed by atoms with van der Waals surface area (Å²) < 4.78 is 0. The lowest BCUT2D eigenvalue weighted by Crippen LogP contribution is -2.47. The maximum atomic E-state index is 5.88. The molecule has 0 radical (unpaired) electrons. The quantitative estimate of drug-likeness (QED) is 0.899. The number of nitrogens with two attached hydrogens (primary N) is 1. The number of hydrogen-bond donors (Lipinski definition) is 1. The van der Waals surface area contributed by atoms with E-state index >= 15 is 0 Å². The lowest BCUT2D eigenvalue weighted by atomic mass is 9.90. The van der Waals surface area contributed by atoms with Crippen molar-refractivity contribution in [3.8, 4) is 0 Å². The summed E-state index contributed by atoms with van der Waals surface area (Å²) in [5, 5.41) is 0. The van der Waals surface area contributed by atoms with Gasteiger partial charge in [-0.25, -0.2) is 0 Å². The van der Waals surface area contributed by atoms with Gasteiger partial charge in [-0.2, -0.15) is 0 Å². The molecule has 1 aliphatic heterocycles. The van der Waals surface area contributed by atoms with Crippen LogP contribution >= 0.6 is 12.4 Å². The van der Waals surface area contributed by atoms with Crippen molar-refractivity contribution in [3.63, 3.8) is 0 Å². The third-order valence-corrected chi connectivity index (χ3v) is 3.61. The summed E-state index contributed by atoms with van der Waals surface area (Å²) in [6, 6.07) is 4.72. The number of pyridine rings is 1. The van der Waals surface area contributed by atoms with Gasteiger partial charge in [-0.3, -0.25) is 9.88 Å². The zero-order valence-corrected chi connectivity index (χ0v) is 11.2. The van der Waals surface area contributed by atoms with Crippen molar-refractivity contribution < 1.29 is 0 Å². The molecule has 0 spiro atoms. The highest BCUT2D eigenvalue weighted by atomic mass is 35.5. The summed E-state index contributed by atoms with van der Waals surface area (Å²) in [6.45, 7) is 5.27. The Bertz CT molecular complexity index is 318. The molecule has 0 bridgehead atoms. The first-order valence-corrected chi connectivity index (χ1v) is 6.14. The van der Waals surface area contributed by atoms with Gasteiger partial charge < -0.3 is 5.73 Å². The van der Waals surface area contributed by atoms with Gasteiger partial charge in [0.1, 0.15) is 0 Å². The second-order valence-electron chi connectivity index (χ2n) is 4.75. The summed E-state index contributed by atoms with van der Waals surface area (Å²) in [5.41, 5.74) is 7.22. The molecule has 2 atom stereocenters. The van der Waals surface area contributed by atoms with E-state index in [1.54, 1.807) is 0 Å². The van der Waals surface area contributed by atoms with E-state index in [1.165, 1.54) is 24.9 Å². The average Bonchev–Trinajstić information content (AvgIpc) is 2.31. The van der Waals surface area contributed by atoms with Gasteiger partial charge in [0.15, 0.2) is 0 Å². The number of piperidine rings is 1. The van der Waals surface area contributed by atoms with Crippen molar-refractivity contribution in [2.24, 2.45) is 11.7 Å². The molecule has 1 aromatic heterocycles. The minimum absolute atomic E-state index is 0. The first kappa shape index (κ1) is 14.4. The van der Waals surface area contributed by atoms with Crippen LogP contribution in [0.3, 0.4) is 0 Å². The number of aromatic nitrogens is 1. The highest BCUT2D eigenvalue weighted by Gasteiger charge is 2.26. The maximum Gasteiger partial charge on any atom is 0.0271 e. The molecule has 96 valence electrons. The van der Waals surface area contributed by atoms with Gasteiger partial charge in [-0.1, -0.05) is 6.92 Å². The van der Waals surface area contributed by atoms with E-state index in [2.05, 4.69) is 28.9 Å². The van der Waals surface area contributed by atoms with Crippen LogP contribution < -0.4 is 5.73 Å². The van der Waals surface area contributed by atoms with Crippen molar-refractivity contribution in [1.29, 1.82) is 0 Å². The number of likely N-dealkylation sites (tertiary alicyclic amines) is 1. The Morgan fingerprint density at radius 2 is 2.12 bits per heavy atom. The van der Waals surface area contributed by atoms with Crippen LogP contribution in [0.1, 0.15) is 25.3 Å². The predicted octanol–water partition coefficient (Wildman–Crippen LogP) is 2.06. The van der Waals surface area contributed by atoms with E-state index in [0.29, 0.717) is 6.04 Å². The van der Waals surface area contributed by atoms with E-state index in [1.807, 2.05) is 12.4 Å². The van der Waals surface area contributed by atoms with E-state index < -0.39 is 0 Å². The van der Waals surface area contributed by atoms with Crippen LogP contribution in [0.2, 0.25) is 0 Å². The Labute approximate surface area is 110 Å². The molecule has 1 fully saturated rings. The molecule has 2 rings (SSSR count). The van der Waals surface area contributed by atoms with Crippen LogP contribution in [0, 0.1) is 5.92 Å². The Hall–Kier alpha value is -0.640. The van der Waals surface area contributed by atoms with Gasteiger partial charge in [-0.15, -0.1) is 12.4 Å². The van der Waals surface area contributed by atoms with Gasteiger partial charge >= 0.3 is 0 Å². The van der Waals surface area contributed by atoms with E-state index in [-0.39, 0.29) is 12.4 Å². The molecule has 3 nitrogen and oxygen atoms in total. The van der Waals surface area contributed by atoms with Crippen molar-refractivity contribution in [2.45, 2.75) is 32.4 Å². The average molecular weight is 256 g/mol. The van der Waals surface area contributed by atoms with Crippen LogP contribution in [-0.4, -0.2) is 29.0 Å². The molecule has 0 saturated carbocycles. The number of nitrogens with zero attached hydrogens (tertiary/aromatic N) is 2. The molecule has 17 heavy (non-hydrogen) atoms. The summed E-state index contributed by atoms with van der Waals surface area (Å²) in [4.78, 5) is 6.57. The fraction of sp³-hybridized carbons (Fsp3) is 0.615. The molecular weight excluding hydrogens is 234 g/mol. The Balaban J connectivity index is 0.00000144. The van der Waals surface area contributed by atoms with Crippen LogP contribution in [0.15, 0.2) is 24.5 Å². The Morgan fingerprint density at radius 1 is 1.41 bits per heavy atom. The van der Waals surface area contributed by atoms with Crippen molar-refractivity contribution in [3.05, 3.63) is 30.1 Å².